The number of amides is 1. The summed E-state index contributed by atoms with van der Waals surface area (Å²) in [6.45, 7) is 4.45. The van der Waals surface area contributed by atoms with Crippen LogP contribution in [-0.4, -0.2) is 10.2 Å². The van der Waals surface area contributed by atoms with E-state index in [0.29, 0.717) is 25.9 Å². The van der Waals surface area contributed by atoms with Crippen molar-refractivity contribution in [2.75, 3.05) is 4.90 Å². The number of rotatable bonds is 5. The van der Waals surface area contributed by atoms with Crippen molar-refractivity contribution in [3.8, 4) is 5.75 Å². The molecule has 1 amide bonds. The number of nitrogens with zero attached hydrogens (tertiary/aromatic N) is 1. The molecule has 4 rings (SSSR count). The molecule has 0 N–H and O–H groups in total. The number of thiocarbonyl (C=S) groups is 1. The molecule has 0 radical (unpaired) electrons. The van der Waals surface area contributed by atoms with Crippen LogP contribution >= 0.6 is 92.4 Å². The fraction of sp³-hybridized carbons (Fsp3) is 0.120. The Morgan fingerprint density at radius 2 is 1.71 bits per heavy atom. The fourth-order valence-corrected chi connectivity index (χ4v) is 7.04. The quantitative estimate of drug-likeness (QED) is 0.148. The van der Waals surface area contributed by atoms with E-state index in [4.69, 9.17) is 40.2 Å². The Morgan fingerprint density at radius 1 is 1.00 bits per heavy atom. The molecule has 0 unspecified atom stereocenters. The molecule has 9 heteroatoms. The highest BCUT2D eigenvalue weighted by molar-refractivity contribution is 14.1. The molecule has 3 aromatic carbocycles. The molecule has 0 atom stereocenters. The Balaban J connectivity index is 1.55. The van der Waals surface area contributed by atoms with Crippen LogP contribution in [0.4, 0.5) is 5.69 Å². The molecule has 0 aliphatic carbocycles. The number of aryl methyl sites for hydroxylation is 2. The molecule has 0 bridgehead atoms. The molecule has 1 fully saturated rings. The first-order valence-corrected chi connectivity index (χ1v) is 14.2. The SMILES string of the molecule is Cc1ccc(N2C(=O)C(=Cc3cc(I)c(OCc4ccc(Cl)c(Cl)c4)c(I)c3)SC2=S)cc1C. The molecule has 1 aliphatic rings. The molecule has 0 saturated carbocycles. The number of hydrogen-bond acceptors (Lipinski definition) is 4. The predicted octanol–water partition coefficient (Wildman–Crippen LogP) is 8.80. The largest absolute Gasteiger partial charge is 0.487 e. The van der Waals surface area contributed by atoms with E-state index < -0.39 is 0 Å². The van der Waals surface area contributed by atoms with Gasteiger partial charge in [-0.25, -0.2) is 0 Å². The van der Waals surface area contributed by atoms with Crippen LogP contribution in [0.2, 0.25) is 10.0 Å². The summed E-state index contributed by atoms with van der Waals surface area (Å²) in [4.78, 5) is 15.4. The number of benzene rings is 3. The van der Waals surface area contributed by atoms with E-state index in [2.05, 4.69) is 45.2 Å². The van der Waals surface area contributed by atoms with Gasteiger partial charge in [-0.3, -0.25) is 9.69 Å². The topological polar surface area (TPSA) is 29.5 Å². The maximum atomic E-state index is 13.2. The smallest absolute Gasteiger partial charge is 0.270 e. The average molecular weight is 752 g/mol. The highest BCUT2D eigenvalue weighted by Crippen LogP contribution is 2.38. The first-order valence-electron chi connectivity index (χ1n) is 10.0. The van der Waals surface area contributed by atoms with Crippen molar-refractivity contribution < 1.29 is 9.53 Å². The molecular weight excluding hydrogens is 735 g/mol. The van der Waals surface area contributed by atoms with Crippen LogP contribution in [0.1, 0.15) is 22.3 Å². The van der Waals surface area contributed by atoms with Gasteiger partial charge in [-0.05, 0) is 124 Å². The summed E-state index contributed by atoms with van der Waals surface area (Å²) in [5.74, 6) is 0.676. The Morgan fingerprint density at radius 3 is 2.35 bits per heavy atom. The van der Waals surface area contributed by atoms with Gasteiger partial charge in [0.05, 0.1) is 27.8 Å². The van der Waals surface area contributed by atoms with E-state index in [-0.39, 0.29) is 5.91 Å². The third-order valence-electron chi connectivity index (χ3n) is 5.23. The standard InChI is InChI=1S/C25H17Cl2I2NO2S2/c1-13-3-5-17(7-14(13)2)30-24(31)22(34-25(30)33)11-16-9-20(28)23(21(29)10-16)32-12-15-4-6-18(26)19(27)8-15/h3-11H,12H2,1-2H3. The van der Waals surface area contributed by atoms with E-state index in [0.717, 1.165) is 35.3 Å². The number of hydrogen-bond donors (Lipinski definition) is 0. The number of carbonyl (C=O) groups excluding carboxylic acids is 1. The second-order valence-electron chi connectivity index (χ2n) is 7.64. The molecule has 0 aromatic heterocycles. The summed E-state index contributed by atoms with van der Waals surface area (Å²) in [6.07, 6.45) is 1.88. The van der Waals surface area contributed by atoms with Gasteiger partial charge in [-0.15, -0.1) is 0 Å². The molecule has 0 spiro atoms. The minimum absolute atomic E-state index is 0.108. The van der Waals surface area contributed by atoms with Gasteiger partial charge in [-0.1, -0.05) is 59.3 Å². The average Bonchev–Trinajstić information content (AvgIpc) is 3.05. The second kappa shape index (κ2) is 11.0. The lowest BCUT2D eigenvalue weighted by molar-refractivity contribution is -0.113. The lowest BCUT2D eigenvalue weighted by Crippen LogP contribution is -2.27. The van der Waals surface area contributed by atoms with Crippen LogP contribution in [-0.2, 0) is 11.4 Å². The first kappa shape index (κ1) is 26.2. The Kier molecular flexibility index (Phi) is 8.52. The van der Waals surface area contributed by atoms with Crippen LogP contribution in [0, 0.1) is 21.0 Å². The van der Waals surface area contributed by atoms with Gasteiger partial charge in [0.1, 0.15) is 12.4 Å². The Labute approximate surface area is 245 Å². The minimum atomic E-state index is -0.108. The Bertz CT molecular complexity index is 1340. The molecule has 34 heavy (non-hydrogen) atoms. The zero-order valence-electron chi connectivity index (χ0n) is 18.0. The van der Waals surface area contributed by atoms with Gasteiger partial charge < -0.3 is 4.74 Å². The summed E-state index contributed by atoms with van der Waals surface area (Å²) in [5.41, 5.74) is 4.94. The number of carbonyl (C=O) groups is 1. The highest BCUT2D eigenvalue weighted by atomic mass is 127. The number of halogens is 4. The van der Waals surface area contributed by atoms with E-state index in [1.54, 1.807) is 17.0 Å². The van der Waals surface area contributed by atoms with Gasteiger partial charge in [0, 0.05) is 0 Å². The molecule has 3 nitrogen and oxygen atoms in total. The van der Waals surface area contributed by atoms with Crippen molar-refractivity contribution in [2.45, 2.75) is 20.5 Å². The lowest BCUT2D eigenvalue weighted by atomic mass is 10.1. The van der Waals surface area contributed by atoms with Gasteiger partial charge in [0.2, 0.25) is 0 Å². The number of anilines is 1. The predicted molar refractivity (Wildman–Crippen MR) is 164 cm³/mol. The van der Waals surface area contributed by atoms with Crippen LogP contribution in [0.15, 0.2) is 53.4 Å². The van der Waals surface area contributed by atoms with E-state index >= 15 is 0 Å². The maximum absolute atomic E-state index is 13.2. The summed E-state index contributed by atoms with van der Waals surface area (Å²) < 4.78 is 8.49. The van der Waals surface area contributed by atoms with Crippen LogP contribution in [0.3, 0.4) is 0 Å². The van der Waals surface area contributed by atoms with Crippen molar-refractivity contribution in [1.29, 1.82) is 0 Å². The van der Waals surface area contributed by atoms with Crippen LogP contribution < -0.4 is 9.64 Å². The van der Waals surface area contributed by atoms with Crippen molar-refractivity contribution >= 4 is 114 Å². The van der Waals surface area contributed by atoms with Gasteiger partial charge in [0.25, 0.3) is 5.91 Å². The zero-order valence-corrected chi connectivity index (χ0v) is 25.5. The third-order valence-corrected chi connectivity index (χ3v) is 8.87. The van der Waals surface area contributed by atoms with Crippen molar-refractivity contribution in [2.24, 2.45) is 0 Å². The zero-order chi connectivity index (χ0) is 24.6. The molecule has 1 heterocycles. The highest BCUT2D eigenvalue weighted by Gasteiger charge is 2.33. The second-order valence-corrected chi connectivity index (χ2v) is 12.5. The molecule has 174 valence electrons. The first-order chi connectivity index (χ1) is 16.1. The molecule has 3 aromatic rings. The van der Waals surface area contributed by atoms with Crippen molar-refractivity contribution in [1.82, 2.24) is 0 Å². The van der Waals surface area contributed by atoms with Crippen molar-refractivity contribution in [3.05, 3.63) is 92.9 Å². The maximum Gasteiger partial charge on any atom is 0.270 e. The van der Waals surface area contributed by atoms with Gasteiger partial charge in [0.15, 0.2) is 4.32 Å². The van der Waals surface area contributed by atoms with Crippen LogP contribution in [0.25, 0.3) is 6.08 Å². The normalized spacial score (nSPS) is 14.9. The van der Waals surface area contributed by atoms with E-state index in [1.165, 1.54) is 17.3 Å². The van der Waals surface area contributed by atoms with Gasteiger partial charge >= 0.3 is 0 Å². The lowest BCUT2D eigenvalue weighted by Gasteiger charge is -2.16. The van der Waals surface area contributed by atoms with E-state index in [9.17, 15) is 4.79 Å². The number of ether oxygens (including phenoxy) is 1. The van der Waals surface area contributed by atoms with Crippen LogP contribution in [0.5, 0.6) is 5.75 Å². The summed E-state index contributed by atoms with van der Waals surface area (Å²) in [5, 5.41) is 1.02. The van der Waals surface area contributed by atoms with E-state index in [1.807, 2.05) is 56.3 Å². The molecule has 1 saturated heterocycles. The monoisotopic (exact) mass is 751 g/mol. The van der Waals surface area contributed by atoms with Gasteiger partial charge in [-0.2, -0.15) is 0 Å². The molecule has 1 aliphatic heterocycles. The number of thioether (sulfide) groups is 1. The summed E-state index contributed by atoms with van der Waals surface area (Å²) >= 11 is 23.4. The third kappa shape index (κ3) is 5.75. The fourth-order valence-electron chi connectivity index (χ4n) is 3.29. The minimum Gasteiger partial charge on any atom is -0.487 e. The summed E-state index contributed by atoms with van der Waals surface area (Å²) in [7, 11) is 0. The summed E-state index contributed by atoms with van der Waals surface area (Å²) in [6, 6.07) is 15.4. The molecular formula is C25H17Cl2I2NO2S2. The Hall–Kier alpha value is -0.850. The van der Waals surface area contributed by atoms with Crippen molar-refractivity contribution in [3.63, 3.8) is 0 Å².